The molecule has 2 aromatic rings. The van der Waals surface area contributed by atoms with Crippen LogP contribution in [0, 0.1) is 0 Å². The van der Waals surface area contributed by atoms with E-state index in [1.54, 1.807) is 31.4 Å². The summed E-state index contributed by atoms with van der Waals surface area (Å²) >= 11 is 0. The molecule has 1 unspecified atom stereocenters. The summed E-state index contributed by atoms with van der Waals surface area (Å²) in [6, 6.07) is 10.0. The summed E-state index contributed by atoms with van der Waals surface area (Å²) in [4.78, 5) is 4.03. The number of sulfonamides is 1. The van der Waals surface area contributed by atoms with E-state index in [-0.39, 0.29) is 10.9 Å². The van der Waals surface area contributed by atoms with Crippen LogP contribution in [0.5, 0.6) is 0 Å². The number of benzene rings is 1. The predicted octanol–water partition coefficient (Wildman–Crippen LogP) is 2.05. The van der Waals surface area contributed by atoms with Gasteiger partial charge in [0.05, 0.1) is 0 Å². The second-order valence-corrected chi connectivity index (χ2v) is 6.55. The van der Waals surface area contributed by atoms with Crippen LogP contribution in [0.1, 0.15) is 18.5 Å². The second-order valence-electron chi connectivity index (χ2n) is 4.56. The Hall–Kier alpha value is -1.92. The van der Waals surface area contributed by atoms with E-state index in [4.69, 9.17) is 5.73 Å². The van der Waals surface area contributed by atoms with Gasteiger partial charge in [-0.15, -0.1) is 0 Å². The molecule has 0 aliphatic carbocycles. The fraction of sp³-hybridized carbons (Fsp3) is 0.214. The molecular formula is C14H17N3O2S. The van der Waals surface area contributed by atoms with Gasteiger partial charge in [-0.05, 0) is 36.8 Å². The molecule has 1 aromatic heterocycles. The van der Waals surface area contributed by atoms with Crippen LogP contribution in [-0.4, -0.2) is 24.8 Å². The third kappa shape index (κ3) is 2.81. The van der Waals surface area contributed by atoms with Crippen molar-refractivity contribution >= 4 is 15.7 Å². The largest absolute Gasteiger partial charge is 0.399 e. The fourth-order valence-electron chi connectivity index (χ4n) is 1.90. The first-order valence-corrected chi connectivity index (χ1v) is 7.60. The van der Waals surface area contributed by atoms with Gasteiger partial charge in [0.2, 0.25) is 10.0 Å². The van der Waals surface area contributed by atoms with Crippen molar-refractivity contribution in [2.45, 2.75) is 17.9 Å². The average Bonchev–Trinajstić information content (AvgIpc) is 2.46. The number of rotatable bonds is 4. The second kappa shape index (κ2) is 5.60. The lowest BCUT2D eigenvalue weighted by Crippen LogP contribution is -2.29. The number of anilines is 1. The molecule has 0 bridgehead atoms. The summed E-state index contributed by atoms with van der Waals surface area (Å²) in [7, 11) is -2.02. The number of hydrogen-bond acceptors (Lipinski definition) is 4. The number of nitrogens with two attached hydrogens (primary N) is 1. The van der Waals surface area contributed by atoms with Crippen LogP contribution in [0.15, 0.2) is 53.7 Å². The average molecular weight is 291 g/mol. The first-order chi connectivity index (χ1) is 9.43. The van der Waals surface area contributed by atoms with E-state index >= 15 is 0 Å². The van der Waals surface area contributed by atoms with Gasteiger partial charge in [0.1, 0.15) is 4.90 Å². The SMILES string of the molecule is CC(c1cccc(N)c1)N(C)S(=O)(=O)c1cccnc1. The molecule has 0 aliphatic rings. The molecule has 20 heavy (non-hydrogen) atoms. The van der Waals surface area contributed by atoms with E-state index in [1.165, 1.54) is 16.6 Å². The van der Waals surface area contributed by atoms with Crippen molar-refractivity contribution in [1.29, 1.82) is 0 Å². The zero-order valence-electron chi connectivity index (χ0n) is 11.4. The zero-order chi connectivity index (χ0) is 14.8. The molecule has 0 aliphatic heterocycles. The Labute approximate surface area is 119 Å². The molecule has 1 aromatic carbocycles. The molecule has 5 nitrogen and oxygen atoms in total. The first kappa shape index (κ1) is 14.5. The van der Waals surface area contributed by atoms with Gasteiger partial charge in [0.15, 0.2) is 0 Å². The van der Waals surface area contributed by atoms with Gasteiger partial charge in [0.25, 0.3) is 0 Å². The number of hydrogen-bond donors (Lipinski definition) is 1. The number of nitrogen functional groups attached to an aromatic ring is 1. The monoisotopic (exact) mass is 291 g/mol. The molecule has 0 saturated heterocycles. The third-order valence-corrected chi connectivity index (χ3v) is 5.16. The van der Waals surface area contributed by atoms with Crippen molar-refractivity contribution in [3.05, 3.63) is 54.4 Å². The van der Waals surface area contributed by atoms with E-state index in [1.807, 2.05) is 19.1 Å². The highest BCUT2D eigenvalue weighted by atomic mass is 32.2. The van der Waals surface area contributed by atoms with E-state index in [9.17, 15) is 8.42 Å². The minimum atomic E-state index is -3.57. The first-order valence-electron chi connectivity index (χ1n) is 6.16. The summed E-state index contributed by atoms with van der Waals surface area (Å²) in [5.74, 6) is 0. The maximum absolute atomic E-state index is 12.5. The lowest BCUT2D eigenvalue weighted by Gasteiger charge is -2.24. The molecule has 0 saturated carbocycles. The van der Waals surface area contributed by atoms with Crippen molar-refractivity contribution in [1.82, 2.24) is 9.29 Å². The maximum atomic E-state index is 12.5. The van der Waals surface area contributed by atoms with Crippen LogP contribution in [0.2, 0.25) is 0 Å². The van der Waals surface area contributed by atoms with Crippen molar-refractivity contribution in [3.63, 3.8) is 0 Å². The molecule has 0 radical (unpaired) electrons. The lowest BCUT2D eigenvalue weighted by atomic mass is 10.1. The van der Waals surface area contributed by atoms with Gasteiger partial charge < -0.3 is 5.73 Å². The molecule has 0 amide bonds. The van der Waals surface area contributed by atoms with Crippen LogP contribution < -0.4 is 5.73 Å². The van der Waals surface area contributed by atoms with Crippen LogP contribution in [-0.2, 0) is 10.0 Å². The van der Waals surface area contributed by atoms with Crippen molar-refractivity contribution in [2.24, 2.45) is 0 Å². The summed E-state index contributed by atoms with van der Waals surface area (Å²) < 4.78 is 26.3. The van der Waals surface area contributed by atoms with E-state index < -0.39 is 10.0 Å². The van der Waals surface area contributed by atoms with Crippen molar-refractivity contribution < 1.29 is 8.42 Å². The van der Waals surface area contributed by atoms with Gasteiger partial charge >= 0.3 is 0 Å². The van der Waals surface area contributed by atoms with Crippen molar-refractivity contribution in [2.75, 3.05) is 12.8 Å². The summed E-state index contributed by atoms with van der Waals surface area (Å²) in [5.41, 5.74) is 7.20. The topological polar surface area (TPSA) is 76.3 Å². The Morgan fingerprint density at radius 3 is 2.60 bits per heavy atom. The smallest absolute Gasteiger partial charge is 0.244 e. The number of pyridine rings is 1. The number of aromatic nitrogens is 1. The lowest BCUT2D eigenvalue weighted by molar-refractivity contribution is 0.398. The minimum Gasteiger partial charge on any atom is -0.399 e. The highest BCUT2D eigenvalue weighted by Gasteiger charge is 2.26. The van der Waals surface area contributed by atoms with Gasteiger partial charge in [-0.2, -0.15) is 4.31 Å². The fourth-order valence-corrected chi connectivity index (χ4v) is 3.22. The minimum absolute atomic E-state index is 0.179. The van der Waals surface area contributed by atoms with E-state index in [2.05, 4.69) is 4.98 Å². The van der Waals surface area contributed by atoms with Crippen LogP contribution in [0.3, 0.4) is 0 Å². The van der Waals surface area contributed by atoms with Crippen molar-refractivity contribution in [3.8, 4) is 0 Å². The van der Waals surface area contributed by atoms with Gasteiger partial charge in [-0.1, -0.05) is 12.1 Å². The van der Waals surface area contributed by atoms with E-state index in [0.29, 0.717) is 5.69 Å². The molecule has 1 heterocycles. The third-order valence-electron chi connectivity index (χ3n) is 3.25. The molecule has 1 atom stereocenters. The predicted molar refractivity (Wildman–Crippen MR) is 78.5 cm³/mol. The molecule has 2 N–H and O–H groups in total. The zero-order valence-corrected chi connectivity index (χ0v) is 12.2. The van der Waals surface area contributed by atoms with Gasteiger partial charge in [-0.3, -0.25) is 4.98 Å². The standard InChI is InChI=1S/C14H17N3O2S/c1-11(12-5-3-6-13(15)9-12)17(2)20(18,19)14-7-4-8-16-10-14/h3-11H,15H2,1-2H3. The van der Waals surface area contributed by atoms with E-state index in [0.717, 1.165) is 5.56 Å². The molecule has 2 rings (SSSR count). The Balaban J connectivity index is 2.33. The van der Waals surface area contributed by atoms with Crippen LogP contribution >= 0.6 is 0 Å². The van der Waals surface area contributed by atoms with Gasteiger partial charge in [-0.25, -0.2) is 8.42 Å². The molecule has 0 spiro atoms. The Bertz CT molecular complexity index is 687. The highest BCUT2D eigenvalue weighted by Crippen LogP contribution is 2.26. The summed E-state index contributed by atoms with van der Waals surface area (Å²) in [6.45, 7) is 1.82. The molecule has 0 fully saturated rings. The Morgan fingerprint density at radius 2 is 2.00 bits per heavy atom. The normalized spacial score (nSPS) is 13.3. The Morgan fingerprint density at radius 1 is 1.25 bits per heavy atom. The highest BCUT2D eigenvalue weighted by molar-refractivity contribution is 7.89. The quantitative estimate of drug-likeness (QED) is 0.875. The van der Waals surface area contributed by atoms with Gasteiger partial charge in [0, 0.05) is 31.2 Å². The summed E-state index contributed by atoms with van der Waals surface area (Å²) in [5, 5.41) is 0. The maximum Gasteiger partial charge on any atom is 0.244 e. The summed E-state index contributed by atoms with van der Waals surface area (Å²) in [6.07, 6.45) is 2.89. The molecule has 6 heteroatoms. The van der Waals surface area contributed by atoms with Crippen LogP contribution in [0.4, 0.5) is 5.69 Å². The van der Waals surface area contributed by atoms with Crippen LogP contribution in [0.25, 0.3) is 0 Å². The number of nitrogens with zero attached hydrogens (tertiary/aromatic N) is 2. The molecular weight excluding hydrogens is 274 g/mol. The Kier molecular flexibility index (Phi) is 4.06. The molecule has 106 valence electrons.